The molecule has 0 aliphatic carbocycles. The number of terminal acetylenes is 1. The van der Waals surface area contributed by atoms with Crippen molar-refractivity contribution in [2.75, 3.05) is 19.8 Å². The lowest BCUT2D eigenvalue weighted by atomic mass is 10.2. The smallest absolute Gasteiger partial charge is 0.0894 e. The second-order valence-electron chi connectivity index (χ2n) is 2.13. The molecule has 0 heterocycles. The van der Waals surface area contributed by atoms with E-state index in [-0.39, 0.29) is 6.67 Å². The lowest BCUT2D eigenvalue weighted by Crippen LogP contribution is -2.14. The van der Waals surface area contributed by atoms with Gasteiger partial charge in [0.15, 0.2) is 0 Å². The van der Waals surface area contributed by atoms with E-state index in [1.807, 2.05) is 0 Å². The van der Waals surface area contributed by atoms with Crippen molar-refractivity contribution in [3.05, 3.63) is 0 Å². The first-order chi connectivity index (χ1) is 4.91. The number of halogens is 1. The first kappa shape index (κ1) is 9.45. The maximum absolute atomic E-state index is 11.5. The van der Waals surface area contributed by atoms with E-state index >= 15 is 0 Å². The monoisotopic (exact) mass is 143 g/mol. The molecule has 0 aromatic carbocycles. The molecule has 0 saturated carbocycles. The fraction of sp³-hybridized carbons (Fsp3) is 0.750. The van der Waals surface area contributed by atoms with Crippen molar-refractivity contribution in [1.82, 2.24) is 5.32 Å². The van der Waals surface area contributed by atoms with Gasteiger partial charge in [0, 0.05) is 0 Å². The van der Waals surface area contributed by atoms with Crippen LogP contribution in [0.2, 0.25) is 0 Å². The molecule has 0 fully saturated rings. The van der Waals surface area contributed by atoms with E-state index in [0.29, 0.717) is 13.0 Å². The summed E-state index contributed by atoms with van der Waals surface area (Å²) in [5, 5.41) is 3.04. The summed E-state index contributed by atoms with van der Waals surface area (Å²) in [6.45, 7) is 1.33. The predicted molar refractivity (Wildman–Crippen MR) is 41.5 cm³/mol. The zero-order chi connectivity index (χ0) is 7.66. The Bertz CT molecular complexity index is 95.9. The Morgan fingerprint density at radius 3 is 2.70 bits per heavy atom. The van der Waals surface area contributed by atoms with Gasteiger partial charge in [-0.1, -0.05) is 5.92 Å². The first-order valence-corrected chi connectivity index (χ1v) is 3.62. The van der Waals surface area contributed by atoms with Crippen molar-refractivity contribution in [3.63, 3.8) is 0 Å². The lowest BCUT2D eigenvalue weighted by molar-refractivity contribution is 0.454. The molecule has 0 saturated heterocycles. The average molecular weight is 143 g/mol. The summed E-state index contributed by atoms with van der Waals surface area (Å²) in [7, 11) is 0. The van der Waals surface area contributed by atoms with Gasteiger partial charge >= 0.3 is 0 Å². The van der Waals surface area contributed by atoms with E-state index in [1.165, 1.54) is 0 Å². The van der Waals surface area contributed by atoms with Crippen LogP contribution in [0.3, 0.4) is 0 Å². The van der Waals surface area contributed by atoms with Gasteiger partial charge in [0.1, 0.15) is 0 Å². The highest BCUT2D eigenvalue weighted by molar-refractivity contribution is 4.86. The number of hydrogen-bond donors (Lipinski definition) is 1. The molecule has 0 atom stereocenters. The highest BCUT2D eigenvalue weighted by atomic mass is 19.1. The molecule has 1 nitrogen and oxygen atoms in total. The van der Waals surface area contributed by atoms with Gasteiger partial charge in [-0.2, -0.15) is 0 Å². The van der Waals surface area contributed by atoms with Crippen LogP contribution >= 0.6 is 0 Å². The van der Waals surface area contributed by atoms with Crippen molar-refractivity contribution in [1.29, 1.82) is 0 Å². The van der Waals surface area contributed by atoms with Crippen LogP contribution < -0.4 is 5.32 Å². The normalized spacial score (nSPS) is 9.20. The standard InChI is InChI=1S/C8H14FN/c1-2-7-10-8-5-3-4-6-9/h1,10H,3-8H2. The van der Waals surface area contributed by atoms with Crippen molar-refractivity contribution >= 4 is 0 Å². The van der Waals surface area contributed by atoms with E-state index in [9.17, 15) is 4.39 Å². The Labute approximate surface area is 62.0 Å². The molecular formula is C8H14FN. The van der Waals surface area contributed by atoms with E-state index in [4.69, 9.17) is 6.42 Å². The molecule has 0 aliphatic heterocycles. The third-order valence-corrected chi connectivity index (χ3v) is 1.21. The van der Waals surface area contributed by atoms with E-state index < -0.39 is 0 Å². The van der Waals surface area contributed by atoms with Crippen LogP contribution in [0.1, 0.15) is 19.3 Å². The minimum atomic E-state index is -0.199. The lowest BCUT2D eigenvalue weighted by Gasteiger charge is -1.97. The van der Waals surface area contributed by atoms with Crippen molar-refractivity contribution in [2.45, 2.75) is 19.3 Å². The van der Waals surface area contributed by atoms with E-state index in [0.717, 1.165) is 19.4 Å². The molecule has 10 heavy (non-hydrogen) atoms. The number of hydrogen-bond acceptors (Lipinski definition) is 1. The Hall–Kier alpha value is -0.550. The van der Waals surface area contributed by atoms with Gasteiger partial charge in [-0.05, 0) is 25.8 Å². The Morgan fingerprint density at radius 1 is 1.30 bits per heavy atom. The summed E-state index contributed by atoms with van der Waals surface area (Å²) in [6.07, 6.45) is 7.65. The molecule has 0 rings (SSSR count). The number of nitrogens with one attached hydrogen (secondary N) is 1. The van der Waals surface area contributed by atoms with Crippen LogP contribution in [-0.2, 0) is 0 Å². The minimum absolute atomic E-state index is 0.199. The maximum Gasteiger partial charge on any atom is 0.0894 e. The topological polar surface area (TPSA) is 12.0 Å². The Kier molecular flexibility index (Phi) is 7.99. The van der Waals surface area contributed by atoms with Crippen LogP contribution in [0.4, 0.5) is 4.39 Å². The summed E-state index contributed by atoms with van der Waals surface area (Å²) in [6, 6.07) is 0. The largest absolute Gasteiger partial charge is 0.306 e. The summed E-state index contributed by atoms with van der Waals surface area (Å²) in [4.78, 5) is 0. The SMILES string of the molecule is C#CCNCCCCCF. The van der Waals surface area contributed by atoms with Crippen LogP contribution in [0.15, 0.2) is 0 Å². The van der Waals surface area contributed by atoms with Crippen molar-refractivity contribution in [2.24, 2.45) is 0 Å². The number of rotatable bonds is 6. The van der Waals surface area contributed by atoms with Crippen LogP contribution in [0.5, 0.6) is 0 Å². The van der Waals surface area contributed by atoms with Gasteiger partial charge in [0.25, 0.3) is 0 Å². The average Bonchev–Trinajstić information content (AvgIpc) is 1.97. The fourth-order valence-electron chi connectivity index (χ4n) is 0.682. The Balaban J connectivity index is 2.72. The fourth-order valence-corrected chi connectivity index (χ4v) is 0.682. The van der Waals surface area contributed by atoms with Crippen LogP contribution in [0.25, 0.3) is 0 Å². The third kappa shape index (κ3) is 7.45. The van der Waals surface area contributed by atoms with Gasteiger partial charge in [-0.3, -0.25) is 4.39 Å². The van der Waals surface area contributed by atoms with Gasteiger partial charge in [-0.15, -0.1) is 6.42 Å². The zero-order valence-corrected chi connectivity index (χ0v) is 6.20. The van der Waals surface area contributed by atoms with Crippen molar-refractivity contribution < 1.29 is 4.39 Å². The number of alkyl halides is 1. The summed E-state index contributed by atoms with van der Waals surface area (Å²) in [5.41, 5.74) is 0. The summed E-state index contributed by atoms with van der Waals surface area (Å²) >= 11 is 0. The summed E-state index contributed by atoms with van der Waals surface area (Å²) < 4.78 is 11.5. The van der Waals surface area contributed by atoms with E-state index in [2.05, 4.69) is 11.2 Å². The van der Waals surface area contributed by atoms with Crippen molar-refractivity contribution in [3.8, 4) is 12.3 Å². The molecule has 0 spiro atoms. The molecular weight excluding hydrogens is 129 g/mol. The molecule has 0 bridgehead atoms. The Morgan fingerprint density at radius 2 is 2.10 bits per heavy atom. The zero-order valence-electron chi connectivity index (χ0n) is 6.20. The van der Waals surface area contributed by atoms with E-state index in [1.54, 1.807) is 0 Å². The first-order valence-electron chi connectivity index (χ1n) is 3.62. The highest BCUT2D eigenvalue weighted by Crippen LogP contribution is 1.93. The second kappa shape index (κ2) is 8.45. The minimum Gasteiger partial charge on any atom is -0.306 e. The van der Waals surface area contributed by atoms with Gasteiger partial charge in [0.05, 0.1) is 13.2 Å². The third-order valence-electron chi connectivity index (χ3n) is 1.21. The van der Waals surface area contributed by atoms with Crippen LogP contribution in [0, 0.1) is 12.3 Å². The predicted octanol–water partition coefficient (Wildman–Crippen LogP) is 1.35. The molecule has 0 radical (unpaired) electrons. The maximum atomic E-state index is 11.5. The van der Waals surface area contributed by atoms with Gasteiger partial charge in [-0.25, -0.2) is 0 Å². The molecule has 2 heteroatoms. The van der Waals surface area contributed by atoms with Crippen LogP contribution in [-0.4, -0.2) is 19.8 Å². The molecule has 0 aromatic rings. The quantitative estimate of drug-likeness (QED) is 0.437. The molecule has 0 unspecified atom stereocenters. The molecule has 1 N–H and O–H groups in total. The van der Waals surface area contributed by atoms with Gasteiger partial charge in [0.2, 0.25) is 0 Å². The molecule has 0 amide bonds. The summed E-state index contributed by atoms with van der Waals surface area (Å²) in [5.74, 6) is 2.47. The second-order valence-corrected chi connectivity index (χ2v) is 2.13. The molecule has 0 aromatic heterocycles. The number of unbranched alkanes of at least 4 members (excludes halogenated alkanes) is 2. The molecule has 0 aliphatic rings. The molecule has 58 valence electrons. The van der Waals surface area contributed by atoms with Gasteiger partial charge < -0.3 is 5.32 Å². The highest BCUT2D eigenvalue weighted by Gasteiger charge is 1.86.